The van der Waals surface area contributed by atoms with E-state index in [1.807, 2.05) is 23.5 Å². The summed E-state index contributed by atoms with van der Waals surface area (Å²) in [5.74, 6) is 0.290. The Balaban J connectivity index is 2.56. The van der Waals surface area contributed by atoms with Crippen molar-refractivity contribution in [1.29, 1.82) is 0 Å². The van der Waals surface area contributed by atoms with Crippen LogP contribution in [0.25, 0.3) is 0 Å². The smallest absolute Gasteiger partial charge is 0.115 e. The van der Waals surface area contributed by atoms with Crippen LogP contribution in [0.4, 0.5) is 0 Å². The molecule has 2 rings (SSSR count). The van der Waals surface area contributed by atoms with Gasteiger partial charge in [-0.3, -0.25) is 4.99 Å². The number of hydrogen-bond donors (Lipinski definition) is 1. The molecule has 0 spiro atoms. The summed E-state index contributed by atoms with van der Waals surface area (Å²) in [6, 6.07) is 7.33. The number of benzene rings is 1. The van der Waals surface area contributed by atoms with Crippen LogP contribution in [0.2, 0.25) is 0 Å². The second-order valence-corrected chi connectivity index (χ2v) is 6.42. The fourth-order valence-corrected chi connectivity index (χ4v) is 3.37. The van der Waals surface area contributed by atoms with Crippen molar-refractivity contribution in [2.75, 3.05) is 6.54 Å². The molecular weight excluding hydrogens is 266 g/mol. The van der Waals surface area contributed by atoms with Gasteiger partial charge in [0.2, 0.25) is 0 Å². The van der Waals surface area contributed by atoms with Gasteiger partial charge in [0.15, 0.2) is 0 Å². The molecule has 20 heavy (non-hydrogen) atoms. The lowest BCUT2D eigenvalue weighted by molar-refractivity contribution is 0.475. The van der Waals surface area contributed by atoms with Gasteiger partial charge in [-0.05, 0) is 57.0 Å². The lowest BCUT2D eigenvalue weighted by Crippen LogP contribution is -2.06. The number of thiophene rings is 1. The Morgan fingerprint density at radius 2 is 1.75 bits per heavy atom. The molecule has 106 valence electrons. The Morgan fingerprint density at radius 1 is 1.10 bits per heavy atom. The van der Waals surface area contributed by atoms with E-state index in [4.69, 9.17) is 4.99 Å². The van der Waals surface area contributed by atoms with Gasteiger partial charge in [0, 0.05) is 27.4 Å². The van der Waals surface area contributed by atoms with E-state index in [0.717, 1.165) is 24.2 Å². The highest BCUT2D eigenvalue weighted by Crippen LogP contribution is 2.29. The maximum Gasteiger partial charge on any atom is 0.115 e. The zero-order valence-electron chi connectivity index (χ0n) is 12.5. The van der Waals surface area contributed by atoms with E-state index >= 15 is 0 Å². The molecule has 2 nitrogen and oxygen atoms in total. The maximum absolute atomic E-state index is 9.46. The molecule has 1 aromatic carbocycles. The van der Waals surface area contributed by atoms with E-state index in [-0.39, 0.29) is 0 Å². The first kappa shape index (κ1) is 14.8. The number of nitrogens with zero attached hydrogens (tertiary/aromatic N) is 1. The first-order chi connectivity index (χ1) is 9.54. The van der Waals surface area contributed by atoms with E-state index in [0.29, 0.717) is 5.75 Å². The van der Waals surface area contributed by atoms with Crippen LogP contribution in [0.5, 0.6) is 5.75 Å². The average Bonchev–Trinajstić information content (AvgIpc) is 2.67. The van der Waals surface area contributed by atoms with Crippen molar-refractivity contribution in [1.82, 2.24) is 0 Å². The summed E-state index contributed by atoms with van der Waals surface area (Å²) >= 11 is 1.83. The van der Waals surface area contributed by atoms with Crippen molar-refractivity contribution in [3.8, 4) is 5.75 Å². The van der Waals surface area contributed by atoms with Crippen LogP contribution >= 0.6 is 11.3 Å². The minimum Gasteiger partial charge on any atom is -0.508 e. The summed E-state index contributed by atoms with van der Waals surface area (Å²) < 4.78 is 0. The molecule has 0 aliphatic heterocycles. The Bertz CT molecular complexity index is 623. The van der Waals surface area contributed by atoms with E-state index in [2.05, 4.69) is 27.7 Å². The quantitative estimate of drug-likeness (QED) is 0.817. The number of rotatable bonds is 4. The third-order valence-corrected chi connectivity index (χ3v) is 4.56. The number of aliphatic imine (C=N–C) groups is 1. The number of phenols is 1. The highest BCUT2D eigenvalue weighted by atomic mass is 32.1. The van der Waals surface area contributed by atoms with Gasteiger partial charge in [0.05, 0.1) is 5.71 Å². The van der Waals surface area contributed by atoms with Crippen LogP contribution in [-0.4, -0.2) is 17.4 Å². The highest BCUT2D eigenvalue weighted by molar-refractivity contribution is 7.12. The number of hydrogen-bond acceptors (Lipinski definition) is 3. The van der Waals surface area contributed by atoms with Gasteiger partial charge in [0.25, 0.3) is 0 Å². The molecular formula is C17H21NOS. The molecule has 2 aromatic rings. The topological polar surface area (TPSA) is 32.6 Å². The normalized spacial score (nSPS) is 11.9. The van der Waals surface area contributed by atoms with Gasteiger partial charge in [-0.25, -0.2) is 0 Å². The van der Waals surface area contributed by atoms with Gasteiger partial charge in [0.1, 0.15) is 5.75 Å². The fourth-order valence-electron chi connectivity index (χ4n) is 2.30. The lowest BCUT2D eigenvalue weighted by atomic mass is 9.98. The second-order valence-electron chi connectivity index (χ2n) is 4.99. The Labute approximate surface area is 124 Å². The summed E-state index contributed by atoms with van der Waals surface area (Å²) in [6.45, 7) is 9.43. The van der Waals surface area contributed by atoms with Gasteiger partial charge in [-0.2, -0.15) is 0 Å². The van der Waals surface area contributed by atoms with Crippen molar-refractivity contribution < 1.29 is 5.11 Å². The molecule has 0 atom stereocenters. The summed E-state index contributed by atoms with van der Waals surface area (Å²) in [5.41, 5.74) is 4.69. The zero-order chi connectivity index (χ0) is 14.7. The molecule has 0 saturated carbocycles. The highest BCUT2D eigenvalue weighted by Gasteiger charge is 2.16. The maximum atomic E-state index is 9.46. The van der Waals surface area contributed by atoms with Crippen LogP contribution < -0.4 is 0 Å². The summed E-state index contributed by atoms with van der Waals surface area (Å²) in [5, 5.41) is 9.46. The molecule has 0 aliphatic rings. The van der Waals surface area contributed by atoms with Crippen molar-refractivity contribution in [3.05, 3.63) is 50.7 Å². The molecule has 3 heteroatoms. The zero-order valence-corrected chi connectivity index (χ0v) is 13.3. The third kappa shape index (κ3) is 2.93. The molecule has 0 bridgehead atoms. The van der Waals surface area contributed by atoms with E-state index < -0.39 is 0 Å². The molecule has 0 unspecified atom stereocenters. The third-order valence-electron chi connectivity index (χ3n) is 3.43. The standard InChI is InChI=1S/C17H21NOS/c1-5-10-18-17(14-6-8-15(19)9-7-14)16-11(2)12(3)20-13(16)4/h6-9,19H,5,10H2,1-4H3. The Kier molecular flexibility index (Phi) is 4.61. The van der Waals surface area contributed by atoms with E-state index in [9.17, 15) is 5.11 Å². The Morgan fingerprint density at radius 3 is 2.25 bits per heavy atom. The Hall–Kier alpha value is -1.61. The first-order valence-electron chi connectivity index (χ1n) is 6.95. The van der Waals surface area contributed by atoms with Crippen molar-refractivity contribution in [3.63, 3.8) is 0 Å². The van der Waals surface area contributed by atoms with E-state index in [1.54, 1.807) is 12.1 Å². The second kappa shape index (κ2) is 6.23. The van der Waals surface area contributed by atoms with Gasteiger partial charge in [-0.1, -0.05) is 6.92 Å². The summed E-state index contributed by atoms with van der Waals surface area (Å²) in [4.78, 5) is 7.44. The molecule has 0 amide bonds. The predicted octanol–water partition coefficient (Wildman–Crippen LogP) is 4.63. The summed E-state index contributed by atoms with van der Waals surface area (Å²) in [7, 11) is 0. The monoisotopic (exact) mass is 287 g/mol. The van der Waals surface area contributed by atoms with Crippen molar-refractivity contribution in [2.24, 2.45) is 4.99 Å². The molecule has 0 saturated heterocycles. The predicted molar refractivity (Wildman–Crippen MR) is 87.4 cm³/mol. The van der Waals surface area contributed by atoms with Gasteiger partial charge < -0.3 is 5.11 Å². The van der Waals surface area contributed by atoms with Gasteiger partial charge >= 0.3 is 0 Å². The summed E-state index contributed by atoms with van der Waals surface area (Å²) in [6.07, 6.45) is 1.03. The van der Waals surface area contributed by atoms with Crippen molar-refractivity contribution in [2.45, 2.75) is 34.1 Å². The van der Waals surface area contributed by atoms with Crippen LogP contribution in [0.1, 0.15) is 39.8 Å². The van der Waals surface area contributed by atoms with Gasteiger partial charge in [-0.15, -0.1) is 11.3 Å². The SMILES string of the molecule is CCCN=C(c1ccc(O)cc1)c1c(C)sc(C)c1C. The molecule has 1 aromatic heterocycles. The minimum atomic E-state index is 0.290. The minimum absolute atomic E-state index is 0.290. The molecule has 1 N–H and O–H groups in total. The van der Waals surface area contributed by atoms with Crippen LogP contribution in [0.15, 0.2) is 29.3 Å². The lowest BCUT2D eigenvalue weighted by Gasteiger charge is -2.09. The molecule has 0 radical (unpaired) electrons. The number of aryl methyl sites for hydroxylation is 2. The fraction of sp³-hybridized carbons (Fsp3) is 0.353. The van der Waals surface area contributed by atoms with Crippen LogP contribution in [0, 0.1) is 20.8 Å². The van der Waals surface area contributed by atoms with E-state index in [1.165, 1.54) is 20.9 Å². The van der Waals surface area contributed by atoms with Crippen LogP contribution in [-0.2, 0) is 0 Å². The molecule has 0 aliphatic carbocycles. The molecule has 0 fully saturated rings. The average molecular weight is 287 g/mol. The van der Waals surface area contributed by atoms with Crippen molar-refractivity contribution >= 4 is 17.0 Å². The first-order valence-corrected chi connectivity index (χ1v) is 7.77. The largest absolute Gasteiger partial charge is 0.508 e. The van der Waals surface area contributed by atoms with Crippen LogP contribution in [0.3, 0.4) is 0 Å². The number of aromatic hydroxyl groups is 1. The molecule has 1 heterocycles. The number of phenolic OH excluding ortho intramolecular Hbond substituents is 1.